The van der Waals surface area contributed by atoms with Gasteiger partial charge in [-0.2, -0.15) is 0 Å². The summed E-state index contributed by atoms with van der Waals surface area (Å²) >= 11 is 0. The molecule has 0 aliphatic heterocycles. The van der Waals surface area contributed by atoms with E-state index >= 15 is 0 Å². The van der Waals surface area contributed by atoms with Gasteiger partial charge >= 0.3 is 0 Å². The van der Waals surface area contributed by atoms with Crippen LogP contribution in [0.1, 0.15) is 147 Å². The summed E-state index contributed by atoms with van der Waals surface area (Å²) in [6, 6.07) is 0. The van der Waals surface area contributed by atoms with Gasteiger partial charge in [-0.25, -0.2) is 0 Å². The topological polar surface area (TPSA) is 0 Å². The molecule has 0 aromatic heterocycles. The molecular weight excluding hydrogens is 420 g/mol. The first kappa shape index (κ1) is 34.2. The summed E-state index contributed by atoms with van der Waals surface area (Å²) in [4.78, 5) is 0. The van der Waals surface area contributed by atoms with Gasteiger partial charge in [-0.15, -0.1) is 0 Å². The highest BCUT2D eigenvalue weighted by Gasteiger charge is 2.26. The van der Waals surface area contributed by atoms with Gasteiger partial charge < -0.3 is 0 Å². The Kier molecular flexibility index (Phi) is 18.9. The summed E-state index contributed by atoms with van der Waals surface area (Å²) in [5.41, 5.74) is 4.98. The zero-order chi connectivity index (χ0) is 27.0. The summed E-state index contributed by atoms with van der Waals surface area (Å²) in [5, 5.41) is 0. The van der Waals surface area contributed by atoms with Crippen LogP contribution in [0.15, 0.2) is 34.9 Å². The van der Waals surface area contributed by atoms with E-state index in [1.807, 2.05) is 13.8 Å². The normalized spacial score (nSPS) is 26.4. The molecule has 0 nitrogen and oxygen atoms in total. The maximum Gasteiger partial charge on any atom is -0.0200 e. The van der Waals surface area contributed by atoms with Gasteiger partial charge in [0, 0.05) is 0 Å². The Morgan fingerprint density at radius 2 is 1.43 bits per heavy atom. The summed E-state index contributed by atoms with van der Waals surface area (Å²) in [6.07, 6.45) is 21.3. The van der Waals surface area contributed by atoms with Crippen molar-refractivity contribution < 1.29 is 0 Å². The monoisotopic (exact) mass is 487 g/mol. The van der Waals surface area contributed by atoms with E-state index in [-0.39, 0.29) is 0 Å². The first-order chi connectivity index (χ1) is 16.5. The molecule has 0 N–H and O–H groups in total. The zero-order valence-corrected chi connectivity index (χ0v) is 26.3. The van der Waals surface area contributed by atoms with E-state index in [4.69, 9.17) is 0 Å². The van der Waals surface area contributed by atoms with E-state index < -0.39 is 0 Å². The Morgan fingerprint density at radius 1 is 0.829 bits per heavy atom. The first-order valence-corrected chi connectivity index (χ1v) is 15.6. The molecule has 35 heavy (non-hydrogen) atoms. The van der Waals surface area contributed by atoms with Gasteiger partial charge in [-0.3, -0.25) is 0 Å². The van der Waals surface area contributed by atoms with Crippen LogP contribution in [0.25, 0.3) is 0 Å². The molecule has 0 aromatic carbocycles. The minimum atomic E-state index is 0.768. The van der Waals surface area contributed by atoms with E-state index in [0.29, 0.717) is 0 Å². The molecule has 1 saturated carbocycles. The average molecular weight is 487 g/mol. The second-order valence-corrected chi connectivity index (χ2v) is 12.8. The maximum atomic E-state index is 2.48. The van der Waals surface area contributed by atoms with Gasteiger partial charge in [0.05, 0.1) is 0 Å². The van der Waals surface area contributed by atoms with Crippen LogP contribution >= 0.6 is 0 Å². The number of hydrogen-bond acceptors (Lipinski definition) is 0. The van der Waals surface area contributed by atoms with Crippen molar-refractivity contribution in [2.45, 2.75) is 147 Å². The lowest BCUT2D eigenvalue weighted by atomic mass is 9.72. The van der Waals surface area contributed by atoms with E-state index in [1.54, 1.807) is 16.7 Å². The van der Waals surface area contributed by atoms with E-state index in [9.17, 15) is 0 Å². The molecule has 0 bridgehead atoms. The second kappa shape index (κ2) is 19.3. The fourth-order valence-corrected chi connectivity index (χ4v) is 5.43. The molecule has 0 aromatic rings. The number of hydrogen-bond donors (Lipinski definition) is 0. The third kappa shape index (κ3) is 15.2. The van der Waals surface area contributed by atoms with Crippen molar-refractivity contribution in [1.82, 2.24) is 0 Å². The van der Waals surface area contributed by atoms with Crippen LogP contribution < -0.4 is 0 Å². The van der Waals surface area contributed by atoms with Crippen LogP contribution in [0, 0.1) is 41.4 Å². The number of allylic oxidation sites excluding steroid dienone is 6. The SMILES string of the molecule is CC.CC(C)C.CC(C)C1=CC(C)C(C)CC1.CCCC(CCC1CC(C)C1)C1=CC=C(C)CC1. The van der Waals surface area contributed by atoms with E-state index in [1.165, 1.54) is 64.2 Å². The molecule has 0 heteroatoms. The van der Waals surface area contributed by atoms with Crippen molar-refractivity contribution in [3.8, 4) is 0 Å². The van der Waals surface area contributed by atoms with E-state index in [2.05, 4.69) is 87.5 Å². The van der Waals surface area contributed by atoms with Crippen molar-refractivity contribution in [3.63, 3.8) is 0 Å². The van der Waals surface area contributed by atoms with Gasteiger partial charge in [-0.05, 0) is 106 Å². The molecule has 3 atom stereocenters. The lowest BCUT2D eigenvalue weighted by Crippen LogP contribution is -2.22. The summed E-state index contributed by atoms with van der Waals surface area (Å²) in [7, 11) is 0. The van der Waals surface area contributed by atoms with Crippen LogP contribution in [-0.2, 0) is 0 Å². The highest BCUT2D eigenvalue weighted by atomic mass is 14.3. The Hall–Kier alpha value is -0.780. The predicted octanol–water partition coefficient (Wildman–Crippen LogP) is 12.2. The third-order valence-corrected chi connectivity index (χ3v) is 7.95. The fraction of sp³-hybridized carbons (Fsp3) is 0.829. The van der Waals surface area contributed by atoms with Crippen molar-refractivity contribution in [2.75, 3.05) is 0 Å². The average Bonchev–Trinajstić information content (AvgIpc) is 2.79. The Bertz CT molecular complexity index is 605. The highest BCUT2D eigenvalue weighted by Crippen LogP contribution is 2.39. The molecule has 0 amide bonds. The van der Waals surface area contributed by atoms with Crippen LogP contribution in [-0.4, -0.2) is 0 Å². The molecular formula is C35H66. The highest BCUT2D eigenvalue weighted by molar-refractivity contribution is 5.24. The number of rotatable bonds is 7. The van der Waals surface area contributed by atoms with Crippen molar-refractivity contribution in [1.29, 1.82) is 0 Å². The lowest BCUT2D eigenvalue weighted by molar-refractivity contribution is 0.188. The molecule has 0 heterocycles. The fourth-order valence-electron chi connectivity index (χ4n) is 5.43. The summed E-state index contributed by atoms with van der Waals surface area (Å²) in [6.45, 7) is 26.8. The Labute approximate surface area is 223 Å². The molecule has 206 valence electrons. The van der Waals surface area contributed by atoms with Crippen LogP contribution in [0.2, 0.25) is 0 Å². The Balaban J connectivity index is 0.000000579. The minimum absolute atomic E-state index is 0.768. The zero-order valence-electron chi connectivity index (χ0n) is 26.3. The third-order valence-electron chi connectivity index (χ3n) is 7.95. The molecule has 0 radical (unpaired) electrons. The molecule has 0 spiro atoms. The summed E-state index contributed by atoms with van der Waals surface area (Å²) < 4.78 is 0. The van der Waals surface area contributed by atoms with Gasteiger partial charge in [0.15, 0.2) is 0 Å². The van der Waals surface area contributed by atoms with E-state index in [0.717, 1.165) is 41.4 Å². The molecule has 3 unspecified atom stereocenters. The molecule has 1 fully saturated rings. The Morgan fingerprint density at radius 3 is 1.86 bits per heavy atom. The second-order valence-electron chi connectivity index (χ2n) is 12.8. The van der Waals surface area contributed by atoms with Crippen LogP contribution in [0.3, 0.4) is 0 Å². The summed E-state index contributed by atoms with van der Waals surface area (Å²) in [5.74, 6) is 6.26. The standard InChI is InChI=1S/C18H30.C11H20.C4H10.C2H6/c1-4-5-17(11-8-16-12-15(3)13-16)18-9-6-14(2)7-10-18;1-8(2)11-6-5-9(3)10(4)7-11;1-4(2)3;1-2/h6,9,15-17H,4-5,7-8,10-13H2,1-3H3;7-10H,5-6H2,1-4H3;4H,1-3H3;1-2H3. The largest absolute Gasteiger partial charge is 0.0820 e. The van der Waals surface area contributed by atoms with Crippen LogP contribution in [0.5, 0.6) is 0 Å². The predicted molar refractivity (Wildman–Crippen MR) is 163 cm³/mol. The molecule has 3 aliphatic carbocycles. The van der Waals surface area contributed by atoms with Gasteiger partial charge in [0.25, 0.3) is 0 Å². The minimum Gasteiger partial charge on any atom is -0.0820 e. The molecule has 3 rings (SSSR count). The molecule has 0 saturated heterocycles. The van der Waals surface area contributed by atoms with Gasteiger partial charge in [0.2, 0.25) is 0 Å². The van der Waals surface area contributed by atoms with Crippen molar-refractivity contribution in [3.05, 3.63) is 34.9 Å². The lowest BCUT2D eigenvalue weighted by Gasteiger charge is -2.34. The maximum absolute atomic E-state index is 2.48. The smallest absolute Gasteiger partial charge is 0.0200 e. The van der Waals surface area contributed by atoms with Gasteiger partial charge in [-0.1, -0.05) is 118 Å². The molecule has 3 aliphatic rings. The van der Waals surface area contributed by atoms with Crippen LogP contribution in [0.4, 0.5) is 0 Å². The van der Waals surface area contributed by atoms with Crippen molar-refractivity contribution in [2.24, 2.45) is 41.4 Å². The first-order valence-electron chi connectivity index (χ1n) is 15.6. The van der Waals surface area contributed by atoms with Gasteiger partial charge in [0.1, 0.15) is 0 Å². The van der Waals surface area contributed by atoms with Crippen molar-refractivity contribution >= 4 is 0 Å². The quantitative estimate of drug-likeness (QED) is 0.314.